The third-order valence-corrected chi connectivity index (χ3v) is 3.92. The first-order chi connectivity index (χ1) is 8.16. The van der Waals surface area contributed by atoms with Crippen LogP contribution in [0.2, 0.25) is 10.3 Å². The molecule has 2 nitrogen and oxygen atoms in total. The zero-order chi connectivity index (χ0) is 12.3. The predicted octanol–water partition coefficient (Wildman–Crippen LogP) is 4.48. The molecule has 1 aliphatic carbocycles. The molecule has 0 radical (unpaired) electrons. The minimum Gasteiger partial charge on any atom is -0.373 e. The topological polar surface area (TPSA) is 22.1 Å². The Morgan fingerprint density at radius 2 is 2.06 bits per heavy atom. The maximum atomic E-state index is 6.01. The van der Waals surface area contributed by atoms with E-state index < -0.39 is 0 Å². The highest BCUT2D eigenvalue weighted by molar-refractivity contribution is 6.32. The van der Waals surface area contributed by atoms with Gasteiger partial charge in [0.25, 0.3) is 0 Å². The van der Waals surface area contributed by atoms with Crippen molar-refractivity contribution in [1.29, 1.82) is 0 Å². The molecule has 0 amide bonds. The first-order valence-corrected chi connectivity index (χ1v) is 6.85. The highest BCUT2D eigenvalue weighted by Crippen LogP contribution is 2.27. The highest BCUT2D eigenvalue weighted by atomic mass is 35.5. The van der Waals surface area contributed by atoms with Gasteiger partial charge >= 0.3 is 0 Å². The summed E-state index contributed by atoms with van der Waals surface area (Å²) in [5.74, 6) is 0.641. The van der Waals surface area contributed by atoms with Crippen molar-refractivity contribution >= 4 is 23.2 Å². The van der Waals surface area contributed by atoms with Crippen LogP contribution in [0.3, 0.4) is 0 Å². The van der Waals surface area contributed by atoms with Gasteiger partial charge in [0.1, 0.15) is 10.3 Å². The van der Waals surface area contributed by atoms with E-state index in [2.05, 4.69) is 11.9 Å². The normalized spacial score (nSPS) is 24.9. The lowest BCUT2D eigenvalue weighted by Gasteiger charge is -2.28. The van der Waals surface area contributed by atoms with Gasteiger partial charge in [-0.2, -0.15) is 0 Å². The summed E-state index contributed by atoms with van der Waals surface area (Å²) in [4.78, 5) is 4.01. The van der Waals surface area contributed by atoms with Crippen molar-refractivity contribution in [3.63, 3.8) is 0 Å². The summed E-state index contributed by atoms with van der Waals surface area (Å²) in [6.45, 7) is 2.78. The van der Waals surface area contributed by atoms with E-state index in [1.807, 2.05) is 6.07 Å². The van der Waals surface area contributed by atoms with Gasteiger partial charge in [-0.1, -0.05) is 49.0 Å². The quantitative estimate of drug-likeness (QED) is 0.758. The Hall–Kier alpha value is -0.310. The van der Waals surface area contributed by atoms with E-state index in [-0.39, 0.29) is 0 Å². The fourth-order valence-corrected chi connectivity index (χ4v) is 2.67. The second-order valence-electron chi connectivity index (χ2n) is 4.70. The SMILES string of the molecule is CC1CCCCC1OCc1ccc(Cl)nc1Cl. The van der Waals surface area contributed by atoms with Crippen molar-refractivity contribution in [2.75, 3.05) is 0 Å². The summed E-state index contributed by atoms with van der Waals surface area (Å²) < 4.78 is 5.93. The maximum absolute atomic E-state index is 6.01. The Labute approximate surface area is 112 Å². The number of hydrogen-bond donors (Lipinski definition) is 0. The third kappa shape index (κ3) is 3.57. The Bertz CT molecular complexity index is 384. The van der Waals surface area contributed by atoms with Gasteiger partial charge in [0, 0.05) is 5.56 Å². The van der Waals surface area contributed by atoms with Crippen LogP contribution < -0.4 is 0 Å². The summed E-state index contributed by atoms with van der Waals surface area (Å²) in [5, 5.41) is 0.866. The molecule has 4 heteroatoms. The molecule has 0 aromatic carbocycles. The molecular weight excluding hydrogens is 257 g/mol. The predicted molar refractivity (Wildman–Crippen MR) is 70.5 cm³/mol. The number of ether oxygens (including phenoxy) is 1. The average molecular weight is 274 g/mol. The van der Waals surface area contributed by atoms with Crippen LogP contribution in [0.5, 0.6) is 0 Å². The van der Waals surface area contributed by atoms with Crippen LogP contribution in [0.4, 0.5) is 0 Å². The monoisotopic (exact) mass is 273 g/mol. The van der Waals surface area contributed by atoms with Gasteiger partial charge in [-0.3, -0.25) is 0 Å². The van der Waals surface area contributed by atoms with Gasteiger partial charge in [-0.05, 0) is 24.8 Å². The average Bonchev–Trinajstić information content (AvgIpc) is 2.30. The van der Waals surface area contributed by atoms with Gasteiger partial charge in [0.05, 0.1) is 12.7 Å². The lowest BCUT2D eigenvalue weighted by Crippen LogP contribution is -2.25. The molecule has 1 aromatic heterocycles. The molecule has 1 aliphatic rings. The van der Waals surface area contributed by atoms with E-state index in [0.29, 0.717) is 28.9 Å². The molecule has 1 fully saturated rings. The molecule has 2 atom stereocenters. The molecule has 1 heterocycles. The van der Waals surface area contributed by atoms with Crippen molar-refractivity contribution in [1.82, 2.24) is 4.98 Å². The van der Waals surface area contributed by atoms with Gasteiger partial charge in [-0.15, -0.1) is 0 Å². The molecule has 94 valence electrons. The molecular formula is C13H17Cl2NO. The Balaban J connectivity index is 1.92. The van der Waals surface area contributed by atoms with Crippen LogP contribution in [-0.4, -0.2) is 11.1 Å². The van der Waals surface area contributed by atoms with Crippen LogP contribution in [0.15, 0.2) is 12.1 Å². The molecule has 1 saturated carbocycles. The van der Waals surface area contributed by atoms with Crippen LogP contribution in [0.1, 0.15) is 38.2 Å². The molecule has 0 spiro atoms. The maximum Gasteiger partial charge on any atom is 0.136 e. The summed E-state index contributed by atoms with van der Waals surface area (Å²) in [6, 6.07) is 3.63. The lowest BCUT2D eigenvalue weighted by molar-refractivity contribution is -0.0155. The number of halogens is 2. The third-order valence-electron chi connectivity index (χ3n) is 3.38. The van der Waals surface area contributed by atoms with E-state index >= 15 is 0 Å². The van der Waals surface area contributed by atoms with Crippen molar-refractivity contribution in [2.24, 2.45) is 5.92 Å². The molecule has 2 rings (SSSR count). The lowest BCUT2D eigenvalue weighted by atomic mass is 9.88. The first-order valence-electron chi connectivity index (χ1n) is 6.09. The first kappa shape index (κ1) is 13.1. The second-order valence-corrected chi connectivity index (χ2v) is 5.44. The molecule has 0 bridgehead atoms. The van der Waals surface area contributed by atoms with Crippen molar-refractivity contribution in [3.8, 4) is 0 Å². The van der Waals surface area contributed by atoms with Crippen LogP contribution in [0.25, 0.3) is 0 Å². The van der Waals surface area contributed by atoms with Crippen LogP contribution >= 0.6 is 23.2 Å². The van der Waals surface area contributed by atoms with Gasteiger partial charge < -0.3 is 4.74 Å². The van der Waals surface area contributed by atoms with Crippen LogP contribution in [0, 0.1) is 5.92 Å². The van der Waals surface area contributed by atoms with Gasteiger partial charge in [0.2, 0.25) is 0 Å². The zero-order valence-corrected chi connectivity index (χ0v) is 11.5. The summed E-state index contributed by atoms with van der Waals surface area (Å²) in [6.07, 6.45) is 5.36. The van der Waals surface area contributed by atoms with E-state index in [4.69, 9.17) is 27.9 Å². The fraction of sp³-hybridized carbons (Fsp3) is 0.615. The molecule has 1 aromatic rings. The molecule has 0 saturated heterocycles. The molecule has 17 heavy (non-hydrogen) atoms. The molecule has 2 unspecified atom stereocenters. The van der Waals surface area contributed by atoms with E-state index in [1.54, 1.807) is 6.07 Å². The number of hydrogen-bond acceptors (Lipinski definition) is 2. The number of nitrogens with zero attached hydrogens (tertiary/aromatic N) is 1. The summed E-state index contributed by atoms with van der Waals surface area (Å²) in [5.41, 5.74) is 0.911. The summed E-state index contributed by atoms with van der Waals surface area (Å²) in [7, 11) is 0. The number of aromatic nitrogens is 1. The van der Waals surface area contributed by atoms with Crippen molar-refractivity contribution in [2.45, 2.75) is 45.3 Å². The van der Waals surface area contributed by atoms with E-state index in [0.717, 1.165) is 12.0 Å². The Kier molecular flexibility index (Phi) is 4.66. The largest absolute Gasteiger partial charge is 0.373 e. The molecule has 0 N–H and O–H groups in total. The summed E-state index contributed by atoms with van der Waals surface area (Å²) >= 11 is 11.8. The molecule has 0 aliphatic heterocycles. The van der Waals surface area contributed by atoms with E-state index in [9.17, 15) is 0 Å². The van der Waals surface area contributed by atoms with Crippen LogP contribution in [-0.2, 0) is 11.3 Å². The van der Waals surface area contributed by atoms with Gasteiger partial charge in [-0.25, -0.2) is 4.98 Å². The fourth-order valence-electron chi connectivity index (χ4n) is 2.28. The zero-order valence-electron chi connectivity index (χ0n) is 9.96. The standard InChI is InChI=1S/C13H17Cl2NO/c1-9-4-2-3-5-11(9)17-8-10-6-7-12(14)16-13(10)15/h6-7,9,11H,2-5,8H2,1H3. The Morgan fingerprint density at radius 1 is 1.29 bits per heavy atom. The Morgan fingerprint density at radius 3 is 2.76 bits per heavy atom. The van der Waals surface area contributed by atoms with Crippen molar-refractivity contribution < 1.29 is 4.74 Å². The smallest absolute Gasteiger partial charge is 0.136 e. The number of rotatable bonds is 3. The minimum atomic E-state index is 0.357. The van der Waals surface area contributed by atoms with E-state index in [1.165, 1.54) is 19.3 Å². The number of pyridine rings is 1. The highest BCUT2D eigenvalue weighted by Gasteiger charge is 2.22. The second kappa shape index (κ2) is 6.03. The van der Waals surface area contributed by atoms with Crippen molar-refractivity contribution in [3.05, 3.63) is 28.0 Å². The minimum absolute atomic E-state index is 0.357. The van der Waals surface area contributed by atoms with Gasteiger partial charge in [0.15, 0.2) is 0 Å².